The van der Waals surface area contributed by atoms with E-state index in [2.05, 4.69) is 53.7 Å². The Labute approximate surface area is 230 Å². The lowest BCUT2D eigenvalue weighted by atomic mass is 9.45. The average molecular weight is 529 g/mol. The van der Waals surface area contributed by atoms with Crippen molar-refractivity contribution in [2.45, 2.75) is 119 Å². The standard InChI is InChI=1S/C33H52O5/c1-9-23(19(2)3)31(38-22(6)35)30(37-21(5)34)20(4)25-13-14-26-24-18-29(36)28-12-10-11-16-32(28,7)27(24)15-17-33(25,26)8/h10-11,19-20,23-28,30-31H,9,12-18H2,1-8H3/t20-,23-,24-,25+,26-,27-,28+,30-,31-,32+,33+/m0/s1. The molecule has 0 bridgehead atoms. The molecule has 0 radical (unpaired) electrons. The van der Waals surface area contributed by atoms with Crippen molar-refractivity contribution in [1.82, 2.24) is 0 Å². The number of Topliss-reactive ketones (excluding diaryl/α,β-unsaturated/α-hetero) is 1. The molecule has 0 aromatic carbocycles. The summed E-state index contributed by atoms with van der Waals surface area (Å²) in [5, 5.41) is 0. The highest BCUT2D eigenvalue weighted by Gasteiger charge is 2.62. The fourth-order valence-corrected chi connectivity index (χ4v) is 10.1. The summed E-state index contributed by atoms with van der Waals surface area (Å²) in [5.74, 6) is 2.41. The molecule has 38 heavy (non-hydrogen) atoms. The molecule has 0 unspecified atom stereocenters. The van der Waals surface area contributed by atoms with Crippen molar-refractivity contribution < 1.29 is 23.9 Å². The van der Waals surface area contributed by atoms with E-state index in [4.69, 9.17) is 9.47 Å². The van der Waals surface area contributed by atoms with Gasteiger partial charge in [-0.05, 0) is 85.4 Å². The summed E-state index contributed by atoms with van der Waals surface area (Å²) in [6.07, 6.45) is 11.7. The van der Waals surface area contributed by atoms with Crippen molar-refractivity contribution in [3.8, 4) is 0 Å². The average Bonchev–Trinajstić information content (AvgIpc) is 3.19. The lowest BCUT2D eigenvalue weighted by molar-refractivity contribution is -0.182. The van der Waals surface area contributed by atoms with Gasteiger partial charge in [0.15, 0.2) is 0 Å². The summed E-state index contributed by atoms with van der Waals surface area (Å²) in [6, 6.07) is 0. The second-order valence-corrected chi connectivity index (χ2v) is 14.1. The minimum absolute atomic E-state index is 0.0582. The molecule has 11 atom stereocenters. The Kier molecular flexibility index (Phi) is 8.56. The molecule has 0 aliphatic heterocycles. The second-order valence-electron chi connectivity index (χ2n) is 14.1. The molecule has 0 aromatic heterocycles. The summed E-state index contributed by atoms with van der Waals surface area (Å²) >= 11 is 0. The first-order valence-electron chi connectivity index (χ1n) is 15.4. The van der Waals surface area contributed by atoms with E-state index in [0.29, 0.717) is 35.4 Å². The predicted molar refractivity (Wildman–Crippen MR) is 149 cm³/mol. The van der Waals surface area contributed by atoms with Crippen LogP contribution >= 0.6 is 0 Å². The van der Waals surface area contributed by atoms with Gasteiger partial charge in [-0.2, -0.15) is 0 Å². The molecule has 0 aromatic rings. The number of hydrogen-bond donors (Lipinski definition) is 0. The number of allylic oxidation sites excluding steroid dienone is 2. The minimum Gasteiger partial charge on any atom is -0.458 e. The normalized spacial score (nSPS) is 39.4. The van der Waals surface area contributed by atoms with E-state index < -0.39 is 12.2 Å². The van der Waals surface area contributed by atoms with Crippen molar-refractivity contribution in [2.24, 2.45) is 58.2 Å². The Morgan fingerprint density at radius 2 is 1.58 bits per heavy atom. The predicted octanol–water partition coefficient (Wildman–Crippen LogP) is 7.17. The van der Waals surface area contributed by atoms with Crippen LogP contribution in [-0.4, -0.2) is 29.9 Å². The van der Waals surface area contributed by atoms with Crippen LogP contribution in [-0.2, 0) is 23.9 Å². The number of ether oxygens (including phenoxy) is 2. The Morgan fingerprint density at radius 3 is 2.18 bits per heavy atom. The largest absolute Gasteiger partial charge is 0.458 e. The number of carbonyl (C=O) groups is 3. The zero-order chi connectivity index (χ0) is 28.0. The lowest BCUT2D eigenvalue weighted by Crippen LogP contribution is -2.56. The van der Waals surface area contributed by atoms with Crippen LogP contribution in [0.4, 0.5) is 0 Å². The van der Waals surface area contributed by atoms with Crippen LogP contribution in [0.15, 0.2) is 12.2 Å². The third kappa shape index (κ3) is 5.01. The molecule has 0 heterocycles. The van der Waals surface area contributed by atoms with Crippen LogP contribution in [0.2, 0.25) is 0 Å². The number of fused-ring (bicyclic) bond motifs is 5. The van der Waals surface area contributed by atoms with Gasteiger partial charge >= 0.3 is 11.9 Å². The van der Waals surface area contributed by atoms with Gasteiger partial charge in [-0.15, -0.1) is 0 Å². The summed E-state index contributed by atoms with van der Waals surface area (Å²) in [4.78, 5) is 38.1. The van der Waals surface area contributed by atoms with Gasteiger partial charge in [0.1, 0.15) is 18.0 Å². The number of rotatable bonds is 8. The third-order valence-corrected chi connectivity index (χ3v) is 11.9. The summed E-state index contributed by atoms with van der Waals surface area (Å²) in [6.45, 7) is 16.4. The minimum atomic E-state index is -0.472. The maximum Gasteiger partial charge on any atom is 0.303 e. The van der Waals surface area contributed by atoms with Crippen LogP contribution in [0, 0.1) is 58.2 Å². The molecule has 5 nitrogen and oxygen atoms in total. The van der Waals surface area contributed by atoms with Crippen molar-refractivity contribution >= 4 is 17.7 Å². The van der Waals surface area contributed by atoms with E-state index in [-0.39, 0.29) is 40.5 Å². The van der Waals surface area contributed by atoms with Gasteiger partial charge in [-0.1, -0.05) is 53.7 Å². The SMILES string of the molecule is CC[C@@H](C(C)C)[C@H](OC(C)=O)[C@@H](OC(C)=O)[C@@H](C)[C@H]1CC[C@H]2[C@@H]3CC(=O)[C@H]4CC=CC[C@]4(C)[C@H]3CC[C@]12C. The number of carbonyl (C=O) groups excluding carboxylic acids is 3. The molecule has 0 N–H and O–H groups in total. The highest BCUT2D eigenvalue weighted by Crippen LogP contribution is 2.67. The number of esters is 2. The van der Waals surface area contributed by atoms with Crippen LogP contribution in [0.3, 0.4) is 0 Å². The molecule has 0 amide bonds. The van der Waals surface area contributed by atoms with E-state index in [0.717, 1.165) is 44.9 Å². The Morgan fingerprint density at radius 1 is 0.947 bits per heavy atom. The molecule has 4 aliphatic carbocycles. The third-order valence-electron chi connectivity index (χ3n) is 11.9. The first-order valence-corrected chi connectivity index (χ1v) is 15.4. The maximum absolute atomic E-state index is 13.5. The summed E-state index contributed by atoms with van der Waals surface area (Å²) in [7, 11) is 0. The van der Waals surface area contributed by atoms with Crippen molar-refractivity contribution in [3.05, 3.63) is 12.2 Å². The van der Waals surface area contributed by atoms with E-state index in [1.165, 1.54) is 20.3 Å². The smallest absolute Gasteiger partial charge is 0.303 e. The zero-order valence-electron chi connectivity index (χ0n) is 25.1. The molecule has 0 saturated heterocycles. The molecular formula is C33H52O5. The van der Waals surface area contributed by atoms with Gasteiger partial charge in [0, 0.05) is 38.0 Å². The molecule has 0 spiro atoms. The molecule has 3 saturated carbocycles. The Bertz CT molecular complexity index is 938. The van der Waals surface area contributed by atoms with Gasteiger partial charge in [-0.3, -0.25) is 14.4 Å². The molecule has 3 fully saturated rings. The fraction of sp³-hybridized carbons (Fsp3) is 0.848. The van der Waals surface area contributed by atoms with Crippen LogP contribution in [0.1, 0.15) is 107 Å². The Hall–Kier alpha value is -1.65. The molecule has 4 rings (SSSR count). The van der Waals surface area contributed by atoms with Crippen LogP contribution < -0.4 is 0 Å². The second kappa shape index (κ2) is 11.1. The van der Waals surface area contributed by atoms with Gasteiger partial charge in [0.25, 0.3) is 0 Å². The van der Waals surface area contributed by atoms with Gasteiger partial charge in [0.2, 0.25) is 0 Å². The van der Waals surface area contributed by atoms with Gasteiger partial charge < -0.3 is 9.47 Å². The molecule has 214 valence electrons. The quantitative estimate of drug-likeness (QED) is 0.247. The first kappa shape index (κ1) is 29.3. The first-order chi connectivity index (χ1) is 17.8. The highest BCUT2D eigenvalue weighted by atomic mass is 16.6. The van der Waals surface area contributed by atoms with Gasteiger partial charge in [0.05, 0.1) is 0 Å². The lowest BCUT2D eigenvalue weighted by Gasteiger charge is -2.59. The summed E-state index contributed by atoms with van der Waals surface area (Å²) in [5.41, 5.74) is 0.180. The number of hydrogen-bond acceptors (Lipinski definition) is 5. The van der Waals surface area contributed by atoms with E-state index in [9.17, 15) is 14.4 Å². The molecular weight excluding hydrogens is 476 g/mol. The zero-order valence-corrected chi connectivity index (χ0v) is 25.1. The fourth-order valence-electron chi connectivity index (χ4n) is 10.1. The van der Waals surface area contributed by atoms with E-state index in [1.807, 2.05) is 0 Å². The highest BCUT2D eigenvalue weighted by molar-refractivity contribution is 5.83. The monoisotopic (exact) mass is 528 g/mol. The maximum atomic E-state index is 13.5. The van der Waals surface area contributed by atoms with E-state index >= 15 is 0 Å². The van der Waals surface area contributed by atoms with Crippen molar-refractivity contribution in [2.75, 3.05) is 0 Å². The molecule has 5 heteroatoms. The van der Waals surface area contributed by atoms with Crippen molar-refractivity contribution in [3.63, 3.8) is 0 Å². The Balaban J connectivity index is 1.64. The van der Waals surface area contributed by atoms with E-state index in [1.54, 1.807) is 0 Å². The molecule has 4 aliphatic rings. The van der Waals surface area contributed by atoms with Gasteiger partial charge in [-0.25, -0.2) is 0 Å². The topological polar surface area (TPSA) is 69.7 Å². The van der Waals surface area contributed by atoms with Crippen molar-refractivity contribution in [1.29, 1.82) is 0 Å². The van der Waals surface area contributed by atoms with Crippen LogP contribution in [0.5, 0.6) is 0 Å². The van der Waals surface area contributed by atoms with Crippen LogP contribution in [0.25, 0.3) is 0 Å². The number of ketones is 1. The summed E-state index contributed by atoms with van der Waals surface area (Å²) < 4.78 is 12.1.